The highest BCUT2D eigenvalue weighted by atomic mass is 16.5. The van der Waals surface area contributed by atoms with E-state index in [0.717, 1.165) is 5.39 Å². The van der Waals surface area contributed by atoms with E-state index < -0.39 is 11.3 Å². The molecule has 3 aromatic rings. The van der Waals surface area contributed by atoms with Crippen molar-refractivity contribution in [2.45, 2.75) is 6.92 Å². The van der Waals surface area contributed by atoms with Crippen LogP contribution in [0.1, 0.15) is 6.92 Å². The maximum absolute atomic E-state index is 12.1. The van der Waals surface area contributed by atoms with Gasteiger partial charge in [-0.3, -0.25) is 0 Å². The van der Waals surface area contributed by atoms with Crippen molar-refractivity contribution >= 4 is 27.6 Å². The Labute approximate surface area is 107 Å². The zero-order valence-corrected chi connectivity index (χ0v) is 10.2. The monoisotopic (exact) mass is 254 g/mol. The first-order valence-corrected chi connectivity index (χ1v) is 5.83. The molecular formula is C15H10O4. The fraction of sp³-hybridized carbons (Fsp3) is 0.0667. The van der Waals surface area contributed by atoms with Gasteiger partial charge in [-0.1, -0.05) is 24.3 Å². The highest BCUT2D eigenvalue weighted by Crippen LogP contribution is 2.20. The second-order valence-corrected chi connectivity index (χ2v) is 4.10. The SMILES string of the molecule is CC=c1oc(=O)c2cccc3cccc(c(=O)o1)c32. The van der Waals surface area contributed by atoms with Gasteiger partial charge in [0.1, 0.15) is 0 Å². The summed E-state index contributed by atoms with van der Waals surface area (Å²) in [5.41, 5.74) is -1.15. The summed E-state index contributed by atoms with van der Waals surface area (Å²) in [4.78, 5) is 24.1. The molecule has 2 aromatic carbocycles. The first kappa shape index (κ1) is 11.5. The molecule has 19 heavy (non-hydrogen) atoms. The second kappa shape index (κ2) is 4.24. The molecule has 0 unspecified atom stereocenters. The minimum absolute atomic E-state index is 0.0958. The molecular weight excluding hydrogens is 244 g/mol. The largest absolute Gasteiger partial charge is 0.389 e. The van der Waals surface area contributed by atoms with Crippen LogP contribution in [-0.4, -0.2) is 0 Å². The van der Waals surface area contributed by atoms with Crippen LogP contribution >= 0.6 is 0 Å². The third-order valence-corrected chi connectivity index (χ3v) is 2.97. The average Bonchev–Trinajstić information content (AvgIpc) is 2.43. The fourth-order valence-corrected chi connectivity index (χ4v) is 2.11. The second-order valence-electron chi connectivity index (χ2n) is 4.10. The molecule has 3 rings (SSSR count). The van der Waals surface area contributed by atoms with Crippen LogP contribution < -0.4 is 16.9 Å². The van der Waals surface area contributed by atoms with Gasteiger partial charge in [0.05, 0.1) is 10.8 Å². The predicted octanol–water partition coefficient (Wildman–Crippen LogP) is 1.98. The van der Waals surface area contributed by atoms with Crippen LogP contribution in [0.4, 0.5) is 0 Å². The van der Waals surface area contributed by atoms with E-state index in [9.17, 15) is 9.59 Å². The summed E-state index contributed by atoms with van der Waals surface area (Å²) in [5.74, 6) is 0. The minimum Gasteiger partial charge on any atom is -0.389 e. The highest BCUT2D eigenvalue weighted by Gasteiger charge is 2.07. The third-order valence-electron chi connectivity index (χ3n) is 2.97. The van der Waals surface area contributed by atoms with Gasteiger partial charge in [0, 0.05) is 5.39 Å². The highest BCUT2D eigenvalue weighted by molar-refractivity contribution is 6.08. The molecule has 0 aliphatic heterocycles. The number of rotatable bonds is 0. The van der Waals surface area contributed by atoms with E-state index in [0.29, 0.717) is 16.2 Å². The standard InChI is InChI=1S/C15H10O4/c1-2-12-18-14(16)10-7-3-5-9-6-4-8-11(13(9)10)15(17)19-12/h2-8H,1H3. The maximum atomic E-state index is 12.1. The van der Waals surface area contributed by atoms with E-state index in [2.05, 4.69) is 0 Å². The van der Waals surface area contributed by atoms with E-state index >= 15 is 0 Å². The topological polar surface area (TPSA) is 60.4 Å². The van der Waals surface area contributed by atoms with Crippen LogP contribution in [0.3, 0.4) is 0 Å². The van der Waals surface area contributed by atoms with Gasteiger partial charge >= 0.3 is 11.3 Å². The first-order chi connectivity index (χ1) is 9.20. The molecule has 1 heterocycles. The molecule has 0 aliphatic carbocycles. The summed E-state index contributed by atoms with van der Waals surface area (Å²) < 4.78 is 10.1. The van der Waals surface area contributed by atoms with Gasteiger partial charge in [-0.15, -0.1) is 0 Å². The van der Waals surface area contributed by atoms with Crippen molar-refractivity contribution in [2.75, 3.05) is 0 Å². The normalized spacial score (nSPS) is 10.8. The van der Waals surface area contributed by atoms with E-state index in [-0.39, 0.29) is 5.61 Å². The summed E-state index contributed by atoms with van der Waals surface area (Å²) in [5, 5.41) is 2.09. The summed E-state index contributed by atoms with van der Waals surface area (Å²) in [6.45, 7) is 1.63. The van der Waals surface area contributed by atoms with Gasteiger partial charge in [-0.25, -0.2) is 9.59 Å². The first-order valence-electron chi connectivity index (χ1n) is 5.83. The van der Waals surface area contributed by atoms with Crippen LogP contribution in [0.2, 0.25) is 0 Å². The van der Waals surface area contributed by atoms with Gasteiger partial charge < -0.3 is 8.83 Å². The van der Waals surface area contributed by atoms with Crippen LogP contribution in [0.15, 0.2) is 54.8 Å². The predicted molar refractivity (Wildman–Crippen MR) is 72.7 cm³/mol. The summed E-state index contributed by atoms with van der Waals surface area (Å²) >= 11 is 0. The van der Waals surface area contributed by atoms with Crippen LogP contribution in [-0.2, 0) is 0 Å². The molecule has 0 atom stereocenters. The zero-order chi connectivity index (χ0) is 13.4. The Hall–Kier alpha value is -2.62. The Kier molecular flexibility index (Phi) is 2.56. The summed E-state index contributed by atoms with van der Waals surface area (Å²) in [7, 11) is 0. The maximum Gasteiger partial charge on any atom is 0.346 e. The zero-order valence-electron chi connectivity index (χ0n) is 10.2. The van der Waals surface area contributed by atoms with E-state index in [1.165, 1.54) is 6.08 Å². The summed E-state index contributed by atoms with van der Waals surface area (Å²) in [6.07, 6.45) is 1.43. The summed E-state index contributed by atoms with van der Waals surface area (Å²) in [6, 6.07) is 10.5. The molecule has 94 valence electrons. The Morgan fingerprint density at radius 1 is 0.895 bits per heavy atom. The number of benzene rings is 2. The van der Waals surface area contributed by atoms with E-state index in [1.54, 1.807) is 31.2 Å². The van der Waals surface area contributed by atoms with E-state index in [4.69, 9.17) is 8.83 Å². The molecule has 0 N–H and O–H groups in total. The van der Waals surface area contributed by atoms with Gasteiger partial charge in [0.25, 0.3) is 5.61 Å². The molecule has 4 heteroatoms. The lowest BCUT2D eigenvalue weighted by molar-refractivity contribution is 0.312. The van der Waals surface area contributed by atoms with Gasteiger partial charge in [0.15, 0.2) is 0 Å². The van der Waals surface area contributed by atoms with Crippen molar-refractivity contribution in [1.29, 1.82) is 0 Å². The minimum atomic E-state index is -0.529. The molecule has 0 spiro atoms. The Bertz CT molecular complexity index is 890. The molecule has 0 radical (unpaired) electrons. The Balaban J connectivity index is 2.82. The quantitative estimate of drug-likeness (QED) is 0.615. The number of hydrogen-bond donors (Lipinski definition) is 0. The third kappa shape index (κ3) is 1.78. The lowest BCUT2D eigenvalue weighted by Gasteiger charge is -2.00. The average molecular weight is 254 g/mol. The van der Waals surface area contributed by atoms with Gasteiger partial charge in [-0.05, 0) is 30.5 Å². The molecule has 1 aromatic heterocycles. The fourth-order valence-electron chi connectivity index (χ4n) is 2.11. The van der Waals surface area contributed by atoms with Crippen molar-refractivity contribution in [2.24, 2.45) is 0 Å². The molecule has 0 fully saturated rings. The lowest BCUT2D eigenvalue weighted by atomic mass is 10.0. The molecule has 0 amide bonds. The smallest absolute Gasteiger partial charge is 0.346 e. The molecule has 0 saturated heterocycles. The lowest BCUT2D eigenvalue weighted by Crippen LogP contribution is -2.14. The Morgan fingerprint density at radius 3 is 1.89 bits per heavy atom. The van der Waals surface area contributed by atoms with Crippen molar-refractivity contribution < 1.29 is 8.83 Å². The van der Waals surface area contributed by atoms with Crippen molar-refractivity contribution in [3.63, 3.8) is 0 Å². The number of hydrogen-bond acceptors (Lipinski definition) is 4. The van der Waals surface area contributed by atoms with Crippen LogP contribution in [0.25, 0.3) is 27.6 Å². The van der Waals surface area contributed by atoms with Crippen LogP contribution in [0, 0.1) is 0 Å². The van der Waals surface area contributed by atoms with Crippen molar-refractivity contribution in [1.82, 2.24) is 0 Å². The van der Waals surface area contributed by atoms with Crippen molar-refractivity contribution in [3.05, 3.63) is 62.9 Å². The van der Waals surface area contributed by atoms with Crippen LogP contribution in [0.5, 0.6) is 0 Å². The molecule has 0 aliphatic rings. The van der Waals surface area contributed by atoms with E-state index in [1.807, 2.05) is 12.1 Å². The Morgan fingerprint density at radius 2 is 1.42 bits per heavy atom. The van der Waals surface area contributed by atoms with Gasteiger partial charge in [0.2, 0.25) is 0 Å². The molecule has 0 saturated carbocycles. The van der Waals surface area contributed by atoms with Crippen molar-refractivity contribution in [3.8, 4) is 0 Å². The molecule has 4 nitrogen and oxygen atoms in total. The van der Waals surface area contributed by atoms with Gasteiger partial charge in [-0.2, -0.15) is 0 Å². The molecule has 0 bridgehead atoms.